The standard InChI is InChI=1S/C17H14FN5O3S2/c18-11-2-1-3-12(8-11)28(25,26)23-7-4-13-15(10-23)27-17(21-13)22-16(24)14-9-19-5-6-20-14/h1-3,5-6,8-9H,4,7,10H2,(H,21,22,24). The minimum absolute atomic E-state index is 0.0864. The summed E-state index contributed by atoms with van der Waals surface area (Å²) in [5.41, 5.74) is 0.899. The Hall–Kier alpha value is -2.76. The van der Waals surface area contributed by atoms with Gasteiger partial charge in [-0.1, -0.05) is 6.07 Å². The van der Waals surface area contributed by atoms with E-state index in [9.17, 15) is 17.6 Å². The summed E-state index contributed by atoms with van der Waals surface area (Å²) in [4.78, 5) is 25.0. The van der Waals surface area contributed by atoms with Crippen molar-refractivity contribution in [3.05, 3.63) is 64.9 Å². The van der Waals surface area contributed by atoms with Crippen molar-refractivity contribution in [2.45, 2.75) is 17.9 Å². The van der Waals surface area contributed by atoms with Crippen molar-refractivity contribution in [1.82, 2.24) is 19.3 Å². The van der Waals surface area contributed by atoms with Crippen molar-refractivity contribution in [3.63, 3.8) is 0 Å². The molecule has 3 aromatic rings. The zero-order valence-electron chi connectivity index (χ0n) is 14.4. The third-order valence-electron chi connectivity index (χ3n) is 4.15. The normalized spacial score (nSPS) is 14.5. The van der Waals surface area contributed by atoms with Crippen LogP contribution in [0.1, 0.15) is 21.1 Å². The summed E-state index contributed by atoms with van der Waals surface area (Å²) in [5.74, 6) is -1.05. The first-order valence-electron chi connectivity index (χ1n) is 8.25. The number of hydrogen-bond acceptors (Lipinski definition) is 7. The molecular weight excluding hydrogens is 405 g/mol. The molecular formula is C17H14FN5O3S2. The van der Waals surface area contributed by atoms with Crippen molar-refractivity contribution in [2.24, 2.45) is 0 Å². The van der Waals surface area contributed by atoms with Crippen LogP contribution in [0, 0.1) is 5.82 Å². The number of carbonyl (C=O) groups is 1. The summed E-state index contributed by atoms with van der Waals surface area (Å²) in [6, 6.07) is 4.93. The summed E-state index contributed by atoms with van der Waals surface area (Å²) in [5, 5.41) is 3.02. The van der Waals surface area contributed by atoms with Gasteiger partial charge in [0.15, 0.2) is 5.13 Å². The Morgan fingerprint density at radius 2 is 2.14 bits per heavy atom. The summed E-state index contributed by atoms with van der Waals surface area (Å²) in [7, 11) is -3.82. The van der Waals surface area contributed by atoms with Crippen LogP contribution >= 0.6 is 11.3 Å². The molecule has 1 N–H and O–H groups in total. The number of rotatable bonds is 4. The number of benzene rings is 1. The molecule has 8 nitrogen and oxygen atoms in total. The molecule has 0 atom stereocenters. The maximum Gasteiger partial charge on any atom is 0.277 e. The number of fused-ring (bicyclic) bond motifs is 1. The maximum atomic E-state index is 13.4. The molecule has 144 valence electrons. The van der Waals surface area contributed by atoms with Gasteiger partial charge in [0.2, 0.25) is 10.0 Å². The Morgan fingerprint density at radius 1 is 1.29 bits per heavy atom. The highest BCUT2D eigenvalue weighted by Crippen LogP contribution is 2.31. The number of carbonyl (C=O) groups excluding carboxylic acids is 1. The molecule has 1 aromatic carbocycles. The molecule has 0 fully saturated rings. The van der Waals surface area contributed by atoms with Crippen LogP contribution in [0.5, 0.6) is 0 Å². The fourth-order valence-corrected chi connectivity index (χ4v) is 5.33. The molecule has 0 radical (unpaired) electrons. The minimum atomic E-state index is -3.82. The first kappa shape index (κ1) is 18.6. The smallest absolute Gasteiger partial charge is 0.277 e. The van der Waals surface area contributed by atoms with E-state index in [-0.39, 0.29) is 23.7 Å². The number of nitrogens with zero attached hydrogens (tertiary/aromatic N) is 4. The molecule has 0 unspecified atom stereocenters. The Balaban J connectivity index is 1.53. The van der Waals surface area contributed by atoms with Gasteiger partial charge in [-0.05, 0) is 18.2 Å². The van der Waals surface area contributed by atoms with Crippen molar-refractivity contribution < 1.29 is 17.6 Å². The van der Waals surface area contributed by atoms with E-state index in [1.54, 1.807) is 0 Å². The van der Waals surface area contributed by atoms with Gasteiger partial charge in [0.25, 0.3) is 5.91 Å². The van der Waals surface area contributed by atoms with Crippen LogP contribution in [0.15, 0.2) is 47.8 Å². The Labute approximate surface area is 164 Å². The molecule has 1 amide bonds. The van der Waals surface area contributed by atoms with Crippen LogP contribution in [0.2, 0.25) is 0 Å². The predicted molar refractivity (Wildman–Crippen MR) is 99.8 cm³/mol. The lowest BCUT2D eigenvalue weighted by Crippen LogP contribution is -2.35. The lowest BCUT2D eigenvalue weighted by Gasteiger charge is -2.25. The summed E-state index contributed by atoms with van der Waals surface area (Å²) < 4.78 is 40.3. The van der Waals surface area contributed by atoms with Gasteiger partial charge in [0, 0.05) is 30.2 Å². The Bertz CT molecular complexity index is 1130. The second-order valence-electron chi connectivity index (χ2n) is 5.98. The van der Waals surface area contributed by atoms with Gasteiger partial charge in [-0.3, -0.25) is 15.1 Å². The number of anilines is 1. The van der Waals surface area contributed by atoms with E-state index in [1.807, 2.05) is 0 Å². The topological polar surface area (TPSA) is 105 Å². The number of amides is 1. The fourth-order valence-electron chi connectivity index (χ4n) is 2.78. The van der Waals surface area contributed by atoms with E-state index in [0.29, 0.717) is 11.6 Å². The van der Waals surface area contributed by atoms with Crippen molar-refractivity contribution in [3.8, 4) is 0 Å². The van der Waals surface area contributed by atoms with E-state index in [0.717, 1.165) is 16.6 Å². The van der Waals surface area contributed by atoms with Crippen LogP contribution in [0.25, 0.3) is 0 Å². The molecule has 0 aliphatic carbocycles. The van der Waals surface area contributed by atoms with E-state index < -0.39 is 21.7 Å². The number of aromatic nitrogens is 3. The highest BCUT2D eigenvalue weighted by Gasteiger charge is 2.31. The average molecular weight is 419 g/mol. The zero-order chi connectivity index (χ0) is 19.7. The minimum Gasteiger partial charge on any atom is -0.296 e. The molecule has 0 saturated heterocycles. The second kappa shape index (κ2) is 7.34. The molecule has 11 heteroatoms. The van der Waals surface area contributed by atoms with E-state index in [4.69, 9.17) is 0 Å². The third kappa shape index (κ3) is 3.63. The average Bonchev–Trinajstić information content (AvgIpc) is 3.10. The lowest BCUT2D eigenvalue weighted by molar-refractivity contribution is 0.102. The molecule has 4 rings (SSSR count). The first-order valence-corrected chi connectivity index (χ1v) is 10.5. The maximum absolute atomic E-state index is 13.4. The largest absolute Gasteiger partial charge is 0.296 e. The van der Waals surface area contributed by atoms with Crippen LogP contribution in [-0.2, 0) is 23.0 Å². The highest BCUT2D eigenvalue weighted by molar-refractivity contribution is 7.89. The molecule has 1 aliphatic rings. The van der Waals surface area contributed by atoms with Gasteiger partial charge >= 0.3 is 0 Å². The first-order chi connectivity index (χ1) is 13.4. The molecule has 0 spiro atoms. The van der Waals surface area contributed by atoms with Gasteiger partial charge in [-0.25, -0.2) is 22.8 Å². The number of hydrogen-bond donors (Lipinski definition) is 1. The predicted octanol–water partition coefficient (Wildman–Crippen LogP) is 2.07. The van der Waals surface area contributed by atoms with Crippen molar-refractivity contribution >= 4 is 32.4 Å². The van der Waals surface area contributed by atoms with Gasteiger partial charge in [-0.2, -0.15) is 4.31 Å². The number of sulfonamides is 1. The van der Waals surface area contributed by atoms with Gasteiger partial charge in [-0.15, -0.1) is 11.3 Å². The fraction of sp³-hybridized carbons (Fsp3) is 0.176. The van der Waals surface area contributed by atoms with Gasteiger partial charge in [0.05, 0.1) is 23.3 Å². The third-order valence-corrected chi connectivity index (χ3v) is 6.99. The number of thiazole rings is 1. The second-order valence-corrected chi connectivity index (χ2v) is 9.00. The quantitative estimate of drug-likeness (QED) is 0.694. The van der Waals surface area contributed by atoms with Crippen LogP contribution in [0.3, 0.4) is 0 Å². The monoisotopic (exact) mass is 419 g/mol. The van der Waals surface area contributed by atoms with Crippen molar-refractivity contribution in [1.29, 1.82) is 0 Å². The van der Waals surface area contributed by atoms with Gasteiger partial charge < -0.3 is 0 Å². The molecule has 2 aromatic heterocycles. The molecule has 1 aliphatic heterocycles. The summed E-state index contributed by atoms with van der Waals surface area (Å²) >= 11 is 1.21. The summed E-state index contributed by atoms with van der Waals surface area (Å²) in [6.45, 7) is 0.347. The molecule has 0 bridgehead atoms. The van der Waals surface area contributed by atoms with Gasteiger partial charge in [0.1, 0.15) is 11.5 Å². The SMILES string of the molecule is O=C(Nc1nc2c(s1)CN(S(=O)(=O)c1cccc(F)c1)CC2)c1cnccn1. The van der Waals surface area contributed by atoms with Crippen LogP contribution < -0.4 is 5.32 Å². The molecule has 0 saturated carbocycles. The Kier molecular flexibility index (Phi) is 4.87. The zero-order valence-corrected chi connectivity index (χ0v) is 16.0. The molecule has 3 heterocycles. The Morgan fingerprint density at radius 3 is 2.89 bits per heavy atom. The van der Waals surface area contributed by atoms with E-state index in [1.165, 1.54) is 52.4 Å². The van der Waals surface area contributed by atoms with Crippen LogP contribution in [-0.4, -0.2) is 40.1 Å². The highest BCUT2D eigenvalue weighted by atomic mass is 32.2. The number of halogens is 1. The lowest BCUT2D eigenvalue weighted by atomic mass is 10.2. The van der Waals surface area contributed by atoms with E-state index >= 15 is 0 Å². The number of nitrogens with one attached hydrogen (secondary N) is 1. The van der Waals surface area contributed by atoms with Crippen LogP contribution in [0.4, 0.5) is 9.52 Å². The van der Waals surface area contributed by atoms with Crippen molar-refractivity contribution in [2.75, 3.05) is 11.9 Å². The summed E-state index contributed by atoms with van der Waals surface area (Å²) in [6.07, 6.45) is 4.63. The molecule has 28 heavy (non-hydrogen) atoms. The van der Waals surface area contributed by atoms with E-state index in [2.05, 4.69) is 20.3 Å².